The van der Waals surface area contributed by atoms with Crippen molar-refractivity contribution in [1.29, 1.82) is 0 Å². The average Bonchev–Trinajstić information content (AvgIpc) is 2.85. The van der Waals surface area contributed by atoms with Crippen molar-refractivity contribution in [3.8, 4) is 22.5 Å². The lowest BCUT2D eigenvalue weighted by Crippen LogP contribution is -2.13. The topological polar surface area (TPSA) is 93.8 Å². The Balaban J connectivity index is 1.71. The maximum Gasteiger partial charge on any atom is 0.250 e. The fourth-order valence-corrected chi connectivity index (χ4v) is 3.59. The predicted octanol–water partition coefficient (Wildman–Crippen LogP) is 5.20. The number of carbonyl (C=O) groups is 1. The quantitative estimate of drug-likeness (QED) is 0.410. The number of benzene rings is 3. The second kappa shape index (κ2) is 8.28. The second-order valence-electron chi connectivity index (χ2n) is 7.27. The Hall–Kier alpha value is -4.58. The zero-order chi connectivity index (χ0) is 21.9. The van der Waals surface area contributed by atoms with Crippen LogP contribution in [-0.4, -0.2) is 20.9 Å². The lowest BCUT2D eigenvalue weighted by Gasteiger charge is -2.14. The number of nitrogens with zero attached hydrogens (tertiary/aromatic N) is 3. The maximum absolute atomic E-state index is 11.9. The number of amides is 1. The number of anilines is 2. The summed E-state index contributed by atoms with van der Waals surface area (Å²) in [6.07, 6.45) is 3.43. The highest BCUT2D eigenvalue weighted by molar-refractivity contribution is 6.01. The molecule has 0 saturated carbocycles. The van der Waals surface area contributed by atoms with Crippen LogP contribution in [0.5, 0.6) is 0 Å². The van der Waals surface area contributed by atoms with Crippen LogP contribution in [-0.2, 0) is 0 Å². The molecule has 2 aromatic heterocycles. The summed E-state index contributed by atoms with van der Waals surface area (Å²) in [7, 11) is 0. The van der Waals surface area contributed by atoms with Crippen molar-refractivity contribution in [2.75, 3.05) is 5.32 Å². The van der Waals surface area contributed by atoms with Crippen molar-refractivity contribution in [3.05, 3.63) is 103 Å². The summed E-state index contributed by atoms with van der Waals surface area (Å²) in [4.78, 5) is 25.7. The van der Waals surface area contributed by atoms with Crippen molar-refractivity contribution in [2.24, 2.45) is 5.73 Å². The van der Waals surface area contributed by atoms with Gasteiger partial charge in [0.1, 0.15) is 5.82 Å². The summed E-state index contributed by atoms with van der Waals surface area (Å²) in [6.45, 7) is 0. The molecule has 6 nitrogen and oxygen atoms in total. The summed E-state index contributed by atoms with van der Waals surface area (Å²) in [5.74, 6) is 0.612. The van der Waals surface area contributed by atoms with Crippen LogP contribution in [0.15, 0.2) is 97.3 Å². The Bertz CT molecular complexity index is 1420. The molecule has 3 N–H and O–H groups in total. The van der Waals surface area contributed by atoms with Crippen molar-refractivity contribution in [1.82, 2.24) is 15.0 Å². The van der Waals surface area contributed by atoms with Crippen LogP contribution in [0.2, 0.25) is 0 Å². The molecule has 0 aliphatic heterocycles. The summed E-state index contributed by atoms with van der Waals surface area (Å²) in [6, 6.07) is 27.0. The third-order valence-corrected chi connectivity index (χ3v) is 5.17. The van der Waals surface area contributed by atoms with E-state index in [9.17, 15) is 4.79 Å². The van der Waals surface area contributed by atoms with Gasteiger partial charge in [-0.3, -0.25) is 9.78 Å². The zero-order valence-electron chi connectivity index (χ0n) is 17.1. The smallest absolute Gasteiger partial charge is 0.250 e. The molecule has 0 unspecified atom stereocenters. The minimum atomic E-state index is -0.510. The van der Waals surface area contributed by atoms with E-state index in [0.717, 1.165) is 27.6 Å². The largest absolute Gasteiger partial charge is 0.366 e. The SMILES string of the molecule is NC(=O)c1ccccc1Nc1nc(-c2cccnc2)nc2ccc(-c3ccccc3)cc12. The molecule has 0 radical (unpaired) electrons. The Morgan fingerprint density at radius 3 is 2.34 bits per heavy atom. The van der Waals surface area contributed by atoms with E-state index in [0.29, 0.717) is 22.9 Å². The summed E-state index contributed by atoms with van der Waals surface area (Å²) >= 11 is 0. The molecule has 0 saturated heterocycles. The molecule has 6 heteroatoms. The monoisotopic (exact) mass is 417 g/mol. The number of nitrogens with two attached hydrogens (primary N) is 1. The van der Waals surface area contributed by atoms with Gasteiger partial charge in [-0.2, -0.15) is 0 Å². The third-order valence-electron chi connectivity index (χ3n) is 5.17. The van der Waals surface area contributed by atoms with E-state index in [1.54, 1.807) is 30.6 Å². The number of rotatable bonds is 5. The fraction of sp³-hybridized carbons (Fsp3) is 0. The minimum absolute atomic E-state index is 0.390. The van der Waals surface area contributed by atoms with Gasteiger partial charge in [0, 0.05) is 23.3 Å². The number of nitrogens with one attached hydrogen (secondary N) is 1. The van der Waals surface area contributed by atoms with Crippen LogP contribution in [0.25, 0.3) is 33.4 Å². The van der Waals surface area contributed by atoms with E-state index >= 15 is 0 Å². The summed E-state index contributed by atoms with van der Waals surface area (Å²) < 4.78 is 0. The number of hydrogen-bond acceptors (Lipinski definition) is 5. The molecule has 154 valence electrons. The molecule has 0 fully saturated rings. The van der Waals surface area contributed by atoms with Crippen LogP contribution in [0.3, 0.4) is 0 Å². The number of para-hydroxylation sites is 1. The Labute approximate surface area is 184 Å². The zero-order valence-corrected chi connectivity index (χ0v) is 17.1. The number of carbonyl (C=O) groups excluding carboxylic acids is 1. The maximum atomic E-state index is 11.9. The van der Waals surface area contributed by atoms with Gasteiger partial charge < -0.3 is 11.1 Å². The number of primary amides is 1. The number of pyridine rings is 1. The predicted molar refractivity (Wildman–Crippen MR) is 126 cm³/mol. The number of aromatic nitrogens is 3. The molecule has 32 heavy (non-hydrogen) atoms. The van der Waals surface area contributed by atoms with Gasteiger partial charge in [0.15, 0.2) is 5.82 Å². The Morgan fingerprint density at radius 1 is 0.781 bits per heavy atom. The van der Waals surface area contributed by atoms with E-state index in [1.165, 1.54) is 0 Å². The Morgan fingerprint density at radius 2 is 1.56 bits per heavy atom. The van der Waals surface area contributed by atoms with Gasteiger partial charge in [0.25, 0.3) is 5.91 Å². The second-order valence-corrected chi connectivity index (χ2v) is 7.27. The van der Waals surface area contributed by atoms with Crippen LogP contribution < -0.4 is 11.1 Å². The standard InChI is InChI=1S/C26H19N5O/c27-24(32)20-10-4-5-11-22(20)30-26-21-15-18(17-7-2-1-3-8-17)12-13-23(21)29-25(31-26)19-9-6-14-28-16-19/h1-16H,(H2,27,32)(H,29,30,31). The molecule has 1 amide bonds. The summed E-state index contributed by atoms with van der Waals surface area (Å²) in [5, 5.41) is 4.15. The first kappa shape index (κ1) is 19.4. The number of hydrogen-bond donors (Lipinski definition) is 2. The molecule has 3 aromatic carbocycles. The van der Waals surface area contributed by atoms with Gasteiger partial charge in [-0.05, 0) is 47.5 Å². The van der Waals surface area contributed by atoms with Crippen molar-refractivity contribution in [3.63, 3.8) is 0 Å². The normalized spacial score (nSPS) is 10.8. The van der Waals surface area contributed by atoms with Gasteiger partial charge in [0.2, 0.25) is 0 Å². The van der Waals surface area contributed by atoms with Crippen LogP contribution in [0.1, 0.15) is 10.4 Å². The van der Waals surface area contributed by atoms with E-state index in [2.05, 4.69) is 22.4 Å². The molecule has 0 spiro atoms. The fourth-order valence-electron chi connectivity index (χ4n) is 3.59. The third kappa shape index (κ3) is 3.77. The molecule has 0 bridgehead atoms. The van der Waals surface area contributed by atoms with E-state index in [4.69, 9.17) is 15.7 Å². The molecule has 5 aromatic rings. The first-order valence-corrected chi connectivity index (χ1v) is 10.1. The van der Waals surface area contributed by atoms with Gasteiger partial charge in [-0.1, -0.05) is 48.5 Å². The van der Waals surface area contributed by atoms with Crippen LogP contribution >= 0.6 is 0 Å². The molecule has 0 atom stereocenters. The molecule has 2 heterocycles. The van der Waals surface area contributed by atoms with E-state index < -0.39 is 5.91 Å². The summed E-state index contributed by atoms with van der Waals surface area (Å²) in [5.41, 5.74) is 10.3. The Kier molecular flexibility index (Phi) is 5.01. The van der Waals surface area contributed by atoms with E-state index in [-0.39, 0.29) is 0 Å². The molecular formula is C26H19N5O. The highest BCUT2D eigenvalue weighted by Crippen LogP contribution is 2.31. The van der Waals surface area contributed by atoms with Crippen molar-refractivity contribution in [2.45, 2.75) is 0 Å². The van der Waals surface area contributed by atoms with Crippen LogP contribution in [0, 0.1) is 0 Å². The molecule has 5 rings (SSSR count). The number of fused-ring (bicyclic) bond motifs is 1. The molecule has 0 aliphatic carbocycles. The lowest BCUT2D eigenvalue weighted by molar-refractivity contribution is 0.100. The first-order valence-electron chi connectivity index (χ1n) is 10.1. The van der Waals surface area contributed by atoms with Crippen molar-refractivity contribution >= 4 is 28.3 Å². The van der Waals surface area contributed by atoms with Crippen molar-refractivity contribution < 1.29 is 4.79 Å². The average molecular weight is 417 g/mol. The van der Waals surface area contributed by atoms with Gasteiger partial charge in [-0.25, -0.2) is 9.97 Å². The molecule has 0 aliphatic rings. The molecular weight excluding hydrogens is 398 g/mol. The van der Waals surface area contributed by atoms with Gasteiger partial charge in [0.05, 0.1) is 16.8 Å². The van der Waals surface area contributed by atoms with Crippen LogP contribution in [0.4, 0.5) is 11.5 Å². The lowest BCUT2D eigenvalue weighted by atomic mass is 10.0. The first-order chi connectivity index (χ1) is 15.7. The highest BCUT2D eigenvalue weighted by Gasteiger charge is 2.14. The van der Waals surface area contributed by atoms with Gasteiger partial charge in [-0.15, -0.1) is 0 Å². The van der Waals surface area contributed by atoms with Gasteiger partial charge >= 0.3 is 0 Å². The van der Waals surface area contributed by atoms with E-state index in [1.807, 2.05) is 54.6 Å². The highest BCUT2D eigenvalue weighted by atomic mass is 16.1. The minimum Gasteiger partial charge on any atom is -0.366 e.